The number of anilines is 1. The van der Waals surface area contributed by atoms with Crippen LogP contribution in [0.3, 0.4) is 0 Å². The first-order valence-electron chi connectivity index (χ1n) is 12.2. The van der Waals surface area contributed by atoms with Crippen molar-refractivity contribution in [2.24, 2.45) is 0 Å². The van der Waals surface area contributed by atoms with Crippen molar-refractivity contribution in [3.05, 3.63) is 96.6 Å². The monoisotopic (exact) mass is 531 g/mol. The third-order valence-electron chi connectivity index (χ3n) is 6.46. The lowest BCUT2D eigenvalue weighted by atomic mass is 10.0. The number of rotatable bonds is 5. The van der Waals surface area contributed by atoms with Gasteiger partial charge in [-0.05, 0) is 37.3 Å². The summed E-state index contributed by atoms with van der Waals surface area (Å²) in [5.74, 6) is 0.206. The summed E-state index contributed by atoms with van der Waals surface area (Å²) in [4.78, 5) is 22.2. The largest absolute Gasteiger partial charge is 0.325 e. The summed E-state index contributed by atoms with van der Waals surface area (Å²) in [6.07, 6.45) is 0. The number of thiazole rings is 1. The highest BCUT2D eigenvalue weighted by Gasteiger charge is 2.15. The van der Waals surface area contributed by atoms with Crippen LogP contribution in [0.1, 0.15) is 5.56 Å². The normalized spacial score (nSPS) is 11.6. The molecule has 184 valence electrons. The molecule has 0 saturated carbocycles. The number of para-hydroxylation sites is 1. The van der Waals surface area contributed by atoms with Gasteiger partial charge >= 0.3 is 0 Å². The molecular formula is C30H21N5OS2. The average molecular weight is 532 g/mol. The minimum atomic E-state index is -0.0809. The summed E-state index contributed by atoms with van der Waals surface area (Å²) in [6, 6.07) is 30.4. The quantitative estimate of drug-likeness (QED) is 0.235. The summed E-state index contributed by atoms with van der Waals surface area (Å²) in [5.41, 5.74) is 7.31. The van der Waals surface area contributed by atoms with Crippen LogP contribution in [-0.4, -0.2) is 31.2 Å². The summed E-state index contributed by atoms with van der Waals surface area (Å²) >= 11 is 3.05. The van der Waals surface area contributed by atoms with Crippen LogP contribution in [0.25, 0.3) is 48.9 Å². The zero-order valence-electron chi connectivity index (χ0n) is 20.4. The van der Waals surface area contributed by atoms with Gasteiger partial charge in [0.1, 0.15) is 0 Å². The number of nitrogens with zero attached hydrogens (tertiary/aromatic N) is 4. The summed E-state index contributed by atoms with van der Waals surface area (Å²) in [7, 11) is 0. The van der Waals surface area contributed by atoms with Gasteiger partial charge < -0.3 is 5.32 Å². The number of thioether (sulfide) groups is 1. The molecule has 0 saturated heterocycles. The molecule has 0 atom stereocenters. The van der Waals surface area contributed by atoms with Gasteiger partial charge in [0.2, 0.25) is 5.91 Å². The van der Waals surface area contributed by atoms with Gasteiger partial charge in [-0.1, -0.05) is 78.0 Å². The first-order chi connectivity index (χ1) is 18.6. The Morgan fingerprint density at radius 3 is 2.53 bits per heavy atom. The van der Waals surface area contributed by atoms with E-state index in [0.717, 1.165) is 53.3 Å². The van der Waals surface area contributed by atoms with E-state index in [2.05, 4.69) is 53.6 Å². The van der Waals surface area contributed by atoms with Crippen LogP contribution in [0, 0.1) is 6.92 Å². The van der Waals surface area contributed by atoms with Crippen molar-refractivity contribution in [1.29, 1.82) is 0 Å². The number of benzene rings is 4. The molecule has 0 aliphatic rings. The number of carbonyl (C=O) groups is 1. The molecule has 1 amide bonds. The standard InChI is InChI=1S/C30H21N5OS2/c1-18-10-12-19(13-11-18)28-21-6-2-3-7-22(21)29-32-24-16-20(14-15-25(24)35(29)34-28)31-27(36)17-37-30-33-23-8-4-5-9-26(23)38-30/h2-16H,17H2,1H3,(H,31,36). The number of nitrogens with one attached hydrogen (secondary N) is 1. The molecule has 0 spiro atoms. The van der Waals surface area contributed by atoms with E-state index in [-0.39, 0.29) is 11.7 Å². The second-order valence-electron chi connectivity index (χ2n) is 9.10. The summed E-state index contributed by atoms with van der Waals surface area (Å²) < 4.78 is 3.92. The van der Waals surface area contributed by atoms with E-state index >= 15 is 0 Å². The van der Waals surface area contributed by atoms with Crippen LogP contribution in [0.5, 0.6) is 0 Å². The van der Waals surface area contributed by atoms with Crippen molar-refractivity contribution in [3.8, 4) is 11.3 Å². The topological polar surface area (TPSA) is 72.2 Å². The molecular weight excluding hydrogens is 510 g/mol. The maximum atomic E-state index is 12.7. The Balaban J connectivity index is 1.20. The number of aromatic nitrogens is 4. The first kappa shape index (κ1) is 22.9. The number of aryl methyl sites for hydroxylation is 1. The van der Waals surface area contributed by atoms with Crippen molar-refractivity contribution in [1.82, 2.24) is 19.6 Å². The Bertz CT molecular complexity index is 1960. The minimum Gasteiger partial charge on any atom is -0.325 e. The van der Waals surface area contributed by atoms with E-state index in [1.807, 2.05) is 59.1 Å². The average Bonchev–Trinajstić information content (AvgIpc) is 3.53. The molecule has 3 heterocycles. The number of amides is 1. The fourth-order valence-electron chi connectivity index (χ4n) is 4.62. The molecule has 0 fully saturated rings. The van der Waals surface area contributed by atoms with Crippen LogP contribution in [0.15, 0.2) is 95.3 Å². The van der Waals surface area contributed by atoms with Gasteiger partial charge in [0.15, 0.2) is 9.99 Å². The maximum Gasteiger partial charge on any atom is 0.234 e. The summed E-state index contributed by atoms with van der Waals surface area (Å²) in [5, 5.41) is 10.1. The van der Waals surface area contributed by atoms with Crippen molar-refractivity contribution in [2.45, 2.75) is 11.3 Å². The molecule has 38 heavy (non-hydrogen) atoms. The van der Waals surface area contributed by atoms with E-state index in [4.69, 9.17) is 10.1 Å². The lowest BCUT2D eigenvalue weighted by molar-refractivity contribution is -0.113. The molecule has 3 aromatic heterocycles. The number of carbonyl (C=O) groups excluding carboxylic acids is 1. The van der Waals surface area contributed by atoms with Crippen LogP contribution >= 0.6 is 23.1 Å². The van der Waals surface area contributed by atoms with Crippen molar-refractivity contribution in [3.63, 3.8) is 0 Å². The van der Waals surface area contributed by atoms with E-state index in [9.17, 15) is 4.79 Å². The molecule has 0 aliphatic heterocycles. The molecule has 0 aliphatic carbocycles. The molecule has 4 aromatic carbocycles. The molecule has 7 rings (SSSR count). The Kier molecular flexibility index (Phi) is 5.56. The molecule has 1 N–H and O–H groups in total. The predicted octanol–water partition coefficient (Wildman–Crippen LogP) is 7.35. The first-order valence-corrected chi connectivity index (χ1v) is 14.0. The van der Waals surface area contributed by atoms with Gasteiger partial charge in [0.05, 0.1) is 32.7 Å². The van der Waals surface area contributed by atoms with E-state index in [1.54, 1.807) is 11.3 Å². The third kappa shape index (κ3) is 4.08. The second-order valence-corrected chi connectivity index (χ2v) is 11.3. The molecule has 0 unspecified atom stereocenters. The Labute approximate surface area is 226 Å². The lowest BCUT2D eigenvalue weighted by Gasteiger charge is -2.08. The van der Waals surface area contributed by atoms with Gasteiger partial charge in [0, 0.05) is 22.0 Å². The van der Waals surface area contributed by atoms with Crippen LogP contribution in [0.4, 0.5) is 5.69 Å². The maximum absolute atomic E-state index is 12.7. The smallest absolute Gasteiger partial charge is 0.234 e. The fraction of sp³-hybridized carbons (Fsp3) is 0.0667. The van der Waals surface area contributed by atoms with Crippen LogP contribution < -0.4 is 5.32 Å². The minimum absolute atomic E-state index is 0.0809. The number of imidazole rings is 1. The van der Waals surface area contributed by atoms with Gasteiger partial charge in [-0.15, -0.1) is 11.3 Å². The molecule has 6 nitrogen and oxygen atoms in total. The predicted molar refractivity (Wildman–Crippen MR) is 157 cm³/mol. The van der Waals surface area contributed by atoms with Gasteiger partial charge in [-0.2, -0.15) is 5.10 Å². The zero-order chi connectivity index (χ0) is 25.6. The highest BCUT2D eigenvalue weighted by Crippen LogP contribution is 2.32. The summed E-state index contributed by atoms with van der Waals surface area (Å²) in [6.45, 7) is 2.08. The zero-order valence-corrected chi connectivity index (χ0v) is 22.0. The lowest BCUT2D eigenvalue weighted by Crippen LogP contribution is -2.13. The second kappa shape index (κ2) is 9.24. The van der Waals surface area contributed by atoms with E-state index in [0.29, 0.717) is 5.69 Å². The van der Waals surface area contributed by atoms with Crippen molar-refractivity contribution >= 4 is 72.4 Å². The molecule has 7 aromatic rings. The highest BCUT2D eigenvalue weighted by atomic mass is 32.2. The Morgan fingerprint density at radius 2 is 1.68 bits per heavy atom. The molecule has 0 bridgehead atoms. The van der Waals surface area contributed by atoms with Gasteiger partial charge in [-0.25, -0.2) is 14.5 Å². The van der Waals surface area contributed by atoms with Gasteiger partial charge in [-0.3, -0.25) is 4.79 Å². The van der Waals surface area contributed by atoms with E-state index in [1.165, 1.54) is 17.3 Å². The van der Waals surface area contributed by atoms with Crippen LogP contribution in [0.2, 0.25) is 0 Å². The number of hydrogen-bond donors (Lipinski definition) is 1. The van der Waals surface area contributed by atoms with Crippen LogP contribution in [-0.2, 0) is 4.79 Å². The number of hydrogen-bond acceptors (Lipinski definition) is 6. The van der Waals surface area contributed by atoms with Crippen molar-refractivity contribution in [2.75, 3.05) is 11.1 Å². The van der Waals surface area contributed by atoms with E-state index < -0.39 is 0 Å². The fourth-order valence-corrected chi connectivity index (χ4v) is 6.49. The number of fused-ring (bicyclic) bond motifs is 6. The molecule has 0 radical (unpaired) electrons. The highest BCUT2D eigenvalue weighted by molar-refractivity contribution is 8.01. The van der Waals surface area contributed by atoms with Crippen molar-refractivity contribution < 1.29 is 4.79 Å². The Hall–Kier alpha value is -4.27. The van der Waals surface area contributed by atoms with Gasteiger partial charge in [0.25, 0.3) is 0 Å². The Morgan fingerprint density at radius 1 is 0.895 bits per heavy atom. The molecule has 8 heteroatoms. The SMILES string of the molecule is Cc1ccc(-c2nn3c4ccc(NC(=O)CSc5nc6ccccc6s5)cc4nc3c3ccccc23)cc1. The third-order valence-corrected chi connectivity index (χ3v) is 8.64.